The van der Waals surface area contributed by atoms with Crippen molar-refractivity contribution in [3.05, 3.63) is 65.2 Å². The average molecular weight is 382 g/mol. The zero-order valence-corrected chi connectivity index (χ0v) is 16.7. The number of rotatable bonds is 7. The number of carbonyl (C=O) groups excluding carboxylic acids is 3. The van der Waals surface area contributed by atoms with Crippen molar-refractivity contribution >= 4 is 17.6 Å². The molecular formula is C22H26N2O4. The molecule has 0 unspecified atom stereocenters. The van der Waals surface area contributed by atoms with Crippen LogP contribution in [0.3, 0.4) is 0 Å². The van der Waals surface area contributed by atoms with Crippen molar-refractivity contribution in [3.8, 4) is 5.75 Å². The van der Waals surface area contributed by atoms with E-state index in [4.69, 9.17) is 4.74 Å². The van der Waals surface area contributed by atoms with Gasteiger partial charge in [-0.15, -0.1) is 0 Å². The van der Waals surface area contributed by atoms with Crippen molar-refractivity contribution in [1.82, 2.24) is 10.6 Å². The third-order valence-electron chi connectivity index (χ3n) is 4.28. The second kappa shape index (κ2) is 9.17. The normalized spacial score (nSPS) is 10.9. The summed E-state index contributed by atoms with van der Waals surface area (Å²) in [7, 11) is 1.58. The van der Waals surface area contributed by atoms with Gasteiger partial charge in [-0.25, -0.2) is 0 Å². The van der Waals surface area contributed by atoms with E-state index in [1.807, 2.05) is 24.3 Å². The number of ether oxygens (including phenoxy) is 1. The Hall–Kier alpha value is -3.15. The molecule has 0 saturated carbocycles. The highest BCUT2D eigenvalue weighted by Crippen LogP contribution is 2.22. The number of amides is 2. The molecule has 28 heavy (non-hydrogen) atoms. The van der Waals surface area contributed by atoms with Gasteiger partial charge < -0.3 is 15.4 Å². The molecule has 6 heteroatoms. The highest BCUT2D eigenvalue weighted by Gasteiger charge is 2.19. The number of methoxy groups -OCH3 is 1. The number of ketones is 1. The van der Waals surface area contributed by atoms with Crippen molar-refractivity contribution in [2.75, 3.05) is 13.7 Å². The maximum absolute atomic E-state index is 12.2. The van der Waals surface area contributed by atoms with Crippen LogP contribution in [0.1, 0.15) is 42.3 Å². The lowest BCUT2D eigenvalue weighted by Crippen LogP contribution is -2.39. The van der Waals surface area contributed by atoms with Gasteiger partial charge in [-0.05, 0) is 28.7 Å². The number of benzene rings is 2. The van der Waals surface area contributed by atoms with Gasteiger partial charge in [-0.2, -0.15) is 0 Å². The fraction of sp³-hybridized carbons (Fsp3) is 0.318. The van der Waals surface area contributed by atoms with Crippen LogP contribution in [0, 0.1) is 0 Å². The first-order valence-corrected chi connectivity index (χ1v) is 9.03. The SMILES string of the molecule is COc1ccc(CNC(=O)CNC(=O)C(=O)c2ccc(C(C)(C)C)cc2)cc1. The largest absolute Gasteiger partial charge is 0.497 e. The van der Waals surface area contributed by atoms with Crippen LogP contribution < -0.4 is 15.4 Å². The van der Waals surface area contributed by atoms with Gasteiger partial charge in [0.15, 0.2) is 0 Å². The van der Waals surface area contributed by atoms with E-state index in [0.717, 1.165) is 16.9 Å². The number of carbonyl (C=O) groups is 3. The Morgan fingerprint density at radius 2 is 1.50 bits per heavy atom. The van der Waals surface area contributed by atoms with E-state index in [2.05, 4.69) is 31.4 Å². The molecule has 2 amide bonds. The van der Waals surface area contributed by atoms with Gasteiger partial charge in [0.1, 0.15) is 5.75 Å². The lowest BCUT2D eigenvalue weighted by atomic mass is 9.86. The van der Waals surface area contributed by atoms with Crippen molar-refractivity contribution in [2.45, 2.75) is 32.7 Å². The number of Topliss-reactive ketones (excluding diaryl/α,β-unsaturated/α-hetero) is 1. The van der Waals surface area contributed by atoms with Crippen LogP contribution in [-0.4, -0.2) is 31.3 Å². The summed E-state index contributed by atoms with van der Waals surface area (Å²) in [4.78, 5) is 36.1. The minimum absolute atomic E-state index is 0.0359. The molecule has 0 aliphatic heterocycles. The Balaban J connectivity index is 1.81. The van der Waals surface area contributed by atoms with Gasteiger partial charge in [0.2, 0.25) is 11.7 Å². The summed E-state index contributed by atoms with van der Waals surface area (Å²) >= 11 is 0. The number of hydrogen-bond donors (Lipinski definition) is 2. The van der Waals surface area contributed by atoms with Gasteiger partial charge >= 0.3 is 0 Å². The summed E-state index contributed by atoms with van der Waals surface area (Å²) in [5.41, 5.74) is 2.23. The summed E-state index contributed by atoms with van der Waals surface area (Å²) in [5.74, 6) is -1.11. The van der Waals surface area contributed by atoms with Crippen LogP contribution >= 0.6 is 0 Å². The molecule has 6 nitrogen and oxygen atoms in total. The van der Waals surface area contributed by atoms with Gasteiger partial charge in [-0.3, -0.25) is 14.4 Å². The van der Waals surface area contributed by atoms with Gasteiger partial charge in [0, 0.05) is 12.1 Å². The van der Waals surface area contributed by atoms with Gasteiger partial charge in [0.25, 0.3) is 5.91 Å². The summed E-state index contributed by atoms with van der Waals surface area (Å²) in [6.45, 7) is 6.27. The Morgan fingerprint density at radius 3 is 2.04 bits per heavy atom. The van der Waals surface area contributed by atoms with Crippen LogP contribution in [-0.2, 0) is 21.5 Å². The van der Waals surface area contributed by atoms with Crippen molar-refractivity contribution < 1.29 is 19.1 Å². The molecule has 0 saturated heterocycles. The molecule has 0 bridgehead atoms. The second-order valence-corrected chi connectivity index (χ2v) is 7.46. The standard InChI is InChI=1S/C22H26N2O4/c1-22(2,3)17-9-7-16(8-10-17)20(26)21(27)24-14-19(25)23-13-15-5-11-18(28-4)12-6-15/h5-12H,13-14H2,1-4H3,(H,23,25)(H,24,27). The third-order valence-corrected chi connectivity index (χ3v) is 4.28. The maximum atomic E-state index is 12.2. The quantitative estimate of drug-likeness (QED) is 0.569. The summed E-state index contributed by atoms with van der Waals surface area (Å²) in [6.07, 6.45) is 0. The zero-order valence-electron chi connectivity index (χ0n) is 16.7. The van der Waals surface area contributed by atoms with E-state index in [0.29, 0.717) is 12.1 Å². The summed E-state index contributed by atoms with van der Waals surface area (Å²) < 4.78 is 5.07. The van der Waals surface area contributed by atoms with Crippen LogP contribution in [0.2, 0.25) is 0 Å². The highest BCUT2D eigenvalue weighted by atomic mass is 16.5. The fourth-order valence-corrected chi connectivity index (χ4v) is 2.50. The summed E-state index contributed by atoms with van der Waals surface area (Å²) in [6, 6.07) is 14.2. The minimum atomic E-state index is -0.803. The summed E-state index contributed by atoms with van der Waals surface area (Å²) in [5, 5.41) is 5.05. The molecular weight excluding hydrogens is 356 g/mol. The van der Waals surface area contributed by atoms with E-state index < -0.39 is 11.7 Å². The molecule has 2 aromatic carbocycles. The molecule has 0 aliphatic rings. The predicted octanol–water partition coefficient (Wildman–Crippen LogP) is 2.61. The minimum Gasteiger partial charge on any atom is -0.497 e. The van der Waals surface area contributed by atoms with Crippen LogP contribution in [0.4, 0.5) is 0 Å². The molecule has 2 aromatic rings. The number of nitrogens with one attached hydrogen (secondary N) is 2. The first-order valence-electron chi connectivity index (χ1n) is 9.03. The smallest absolute Gasteiger partial charge is 0.292 e. The van der Waals surface area contributed by atoms with E-state index in [9.17, 15) is 14.4 Å². The first kappa shape index (κ1) is 21.2. The van der Waals surface area contributed by atoms with Crippen molar-refractivity contribution in [3.63, 3.8) is 0 Å². The third kappa shape index (κ3) is 5.94. The molecule has 2 rings (SSSR count). The Morgan fingerprint density at radius 1 is 0.893 bits per heavy atom. The predicted molar refractivity (Wildman–Crippen MR) is 107 cm³/mol. The van der Waals surface area contributed by atoms with Crippen molar-refractivity contribution in [2.24, 2.45) is 0 Å². The lowest BCUT2D eigenvalue weighted by Gasteiger charge is -2.18. The Labute approximate surface area is 165 Å². The molecule has 0 aromatic heterocycles. The molecule has 0 radical (unpaired) electrons. The second-order valence-electron chi connectivity index (χ2n) is 7.46. The number of hydrogen-bond acceptors (Lipinski definition) is 4. The average Bonchev–Trinajstić information content (AvgIpc) is 2.69. The van der Waals surface area contributed by atoms with E-state index in [-0.39, 0.29) is 17.9 Å². The highest BCUT2D eigenvalue weighted by molar-refractivity contribution is 6.43. The topological polar surface area (TPSA) is 84.5 Å². The monoisotopic (exact) mass is 382 g/mol. The van der Waals surface area contributed by atoms with Gasteiger partial charge in [0.05, 0.1) is 13.7 Å². The van der Waals surface area contributed by atoms with Gasteiger partial charge in [-0.1, -0.05) is 57.2 Å². The van der Waals surface area contributed by atoms with E-state index >= 15 is 0 Å². The van der Waals surface area contributed by atoms with Crippen molar-refractivity contribution in [1.29, 1.82) is 0 Å². The molecule has 148 valence electrons. The lowest BCUT2D eigenvalue weighted by molar-refractivity contribution is -0.124. The maximum Gasteiger partial charge on any atom is 0.292 e. The Kier molecular flexibility index (Phi) is 6.93. The molecule has 0 atom stereocenters. The fourth-order valence-electron chi connectivity index (χ4n) is 2.50. The molecule has 0 spiro atoms. The Bertz CT molecular complexity index is 834. The van der Waals surface area contributed by atoms with Crippen LogP contribution in [0.5, 0.6) is 5.75 Å². The van der Waals surface area contributed by atoms with E-state index in [1.165, 1.54) is 0 Å². The zero-order chi connectivity index (χ0) is 20.7. The molecule has 0 heterocycles. The molecule has 2 N–H and O–H groups in total. The molecule has 0 aliphatic carbocycles. The van der Waals surface area contributed by atoms with Crippen LogP contribution in [0.15, 0.2) is 48.5 Å². The van der Waals surface area contributed by atoms with Crippen LogP contribution in [0.25, 0.3) is 0 Å². The van der Waals surface area contributed by atoms with E-state index in [1.54, 1.807) is 31.4 Å². The first-order chi connectivity index (χ1) is 13.2. The molecule has 0 fully saturated rings.